The summed E-state index contributed by atoms with van der Waals surface area (Å²) in [4.78, 5) is 29.0. The normalized spacial score (nSPS) is 15.3. The van der Waals surface area contributed by atoms with Crippen molar-refractivity contribution >= 4 is 23.2 Å². The number of halogens is 1. The predicted octanol–water partition coefficient (Wildman–Crippen LogP) is 2.90. The van der Waals surface area contributed by atoms with Crippen LogP contribution in [0.4, 0.5) is 20.6 Å². The minimum Gasteiger partial charge on any atom is -0.308 e. The van der Waals surface area contributed by atoms with E-state index in [-0.39, 0.29) is 11.5 Å². The summed E-state index contributed by atoms with van der Waals surface area (Å²) in [6.07, 6.45) is 0. The first-order chi connectivity index (χ1) is 13.0. The number of benzene rings is 2. The Bertz CT molecular complexity index is 819. The van der Waals surface area contributed by atoms with Crippen molar-refractivity contribution in [3.63, 3.8) is 0 Å². The van der Waals surface area contributed by atoms with Crippen molar-refractivity contribution in [2.45, 2.75) is 0 Å². The number of hydrogen-bond donors (Lipinski definition) is 2. The zero-order valence-corrected chi connectivity index (χ0v) is 15.2. The van der Waals surface area contributed by atoms with Crippen LogP contribution in [0.3, 0.4) is 0 Å². The van der Waals surface area contributed by atoms with E-state index < -0.39 is 11.8 Å². The number of ketones is 1. The second-order valence-corrected chi connectivity index (χ2v) is 6.64. The zero-order chi connectivity index (χ0) is 19.2. The van der Waals surface area contributed by atoms with Crippen LogP contribution < -0.4 is 10.6 Å². The Kier molecular flexibility index (Phi) is 6.16. The van der Waals surface area contributed by atoms with Crippen LogP contribution in [0.25, 0.3) is 0 Å². The van der Waals surface area contributed by atoms with Gasteiger partial charge in [0.05, 0.1) is 12.2 Å². The molecule has 1 aliphatic heterocycles. The number of amides is 2. The van der Waals surface area contributed by atoms with Crippen LogP contribution in [0.5, 0.6) is 0 Å². The molecule has 3 rings (SSSR count). The molecule has 1 saturated heterocycles. The SMILES string of the molecule is CN1CCN(CC(=O)c2cccc(NC(=O)Nc3ccccc3F)c2)CC1. The van der Waals surface area contributed by atoms with Crippen LogP contribution in [0, 0.1) is 5.82 Å². The molecule has 142 valence electrons. The topological polar surface area (TPSA) is 64.7 Å². The molecular weight excluding hydrogens is 347 g/mol. The number of carbonyl (C=O) groups excluding carboxylic acids is 2. The lowest BCUT2D eigenvalue weighted by molar-refractivity contribution is 0.0876. The molecule has 0 unspecified atom stereocenters. The second-order valence-electron chi connectivity index (χ2n) is 6.64. The van der Waals surface area contributed by atoms with Gasteiger partial charge in [0.25, 0.3) is 0 Å². The van der Waals surface area contributed by atoms with Crippen LogP contribution in [0.15, 0.2) is 48.5 Å². The van der Waals surface area contributed by atoms with Crippen LogP contribution in [-0.4, -0.2) is 61.4 Å². The Labute approximate surface area is 158 Å². The summed E-state index contributed by atoms with van der Waals surface area (Å²) in [6.45, 7) is 3.99. The third-order valence-electron chi connectivity index (χ3n) is 4.53. The molecule has 1 fully saturated rings. The van der Waals surface area contributed by atoms with Crippen LogP contribution in [0.2, 0.25) is 0 Å². The molecular formula is C20H23FN4O2. The van der Waals surface area contributed by atoms with E-state index in [1.165, 1.54) is 12.1 Å². The first-order valence-corrected chi connectivity index (χ1v) is 8.88. The lowest BCUT2D eigenvalue weighted by Crippen LogP contribution is -2.46. The van der Waals surface area contributed by atoms with Gasteiger partial charge in [-0.25, -0.2) is 9.18 Å². The van der Waals surface area contributed by atoms with Crippen molar-refractivity contribution < 1.29 is 14.0 Å². The molecule has 2 aromatic rings. The van der Waals surface area contributed by atoms with Crippen molar-refractivity contribution in [3.05, 3.63) is 59.9 Å². The Hall–Kier alpha value is -2.77. The average molecular weight is 370 g/mol. The van der Waals surface area contributed by atoms with Gasteiger partial charge in [0.15, 0.2) is 5.78 Å². The Morgan fingerprint density at radius 1 is 1.00 bits per heavy atom. The zero-order valence-electron chi connectivity index (χ0n) is 15.2. The summed E-state index contributed by atoms with van der Waals surface area (Å²) in [6, 6.07) is 12.1. The highest BCUT2D eigenvalue weighted by molar-refractivity contribution is 6.02. The number of carbonyl (C=O) groups is 2. The number of urea groups is 1. The number of para-hydroxylation sites is 1. The van der Waals surface area contributed by atoms with Crippen molar-refractivity contribution in [3.8, 4) is 0 Å². The fraction of sp³-hybridized carbons (Fsp3) is 0.300. The lowest BCUT2D eigenvalue weighted by Gasteiger charge is -2.31. The maximum atomic E-state index is 13.6. The summed E-state index contributed by atoms with van der Waals surface area (Å²) in [5.41, 5.74) is 1.11. The molecule has 0 atom stereocenters. The highest BCUT2D eigenvalue weighted by Crippen LogP contribution is 2.15. The van der Waals surface area contributed by atoms with Crippen LogP contribution >= 0.6 is 0 Å². The van der Waals surface area contributed by atoms with Crippen LogP contribution in [-0.2, 0) is 0 Å². The lowest BCUT2D eigenvalue weighted by atomic mass is 10.1. The van der Waals surface area contributed by atoms with E-state index in [1.807, 2.05) is 0 Å². The fourth-order valence-electron chi connectivity index (χ4n) is 2.92. The first-order valence-electron chi connectivity index (χ1n) is 8.88. The standard InChI is InChI=1S/C20H23FN4O2/c1-24-9-11-25(12-10-24)14-19(26)15-5-4-6-16(13-15)22-20(27)23-18-8-3-2-7-17(18)21/h2-8,13H,9-12,14H2,1H3,(H2,22,23,27). The van der Waals surface area contributed by atoms with Gasteiger partial charge in [-0.3, -0.25) is 9.69 Å². The summed E-state index contributed by atoms with van der Waals surface area (Å²) in [7, 11) is 2.07. The molecule has 6 nitrogen and oxygen atoms in total. The van der Waals surface area contributed by atoms with E-state index in [1.54, 1.807) is 36.4 Å². The molecule has 27 heavy (non-hydrogen) atoms. The van der Waals surface area contributed by atoms with Gasteiger partial charge in [0.2, 0.25) is 0 Å². The monoisotopic (exact) mass is 370 g/mol. The van der Waals surface area contributed by atoms with Gasteiger partial charge in [-0.05, 0) is 31.3 Å². The molecule has 2 aromatic carbocycles. The number of nitrogens with one attached hydrogen (secondary N) is 2. The average Bonchev–Trinajstić information content (AvgIpc) is 2.65. The molecule has 1 heterocycles. The number of anilines is 2. The smallest absolute Gasteiger partial charge is 0.308 e. The van der Waals surface area contributed by atoms with E-state index in [2.05, 4.69) is 27.5 Å². The molecule has 0 saturated carbocycles. The predicted molar refractivity (Wildman–Crippen MR) is 104 cm³/mol. The van der Waals surface area contributed by atoms with Crippen molar-refractivity contribution in [2.24, 2.45) is 0 Å². The van der Waals surface area contributed by atoms with E-state index in [0.29, 0.717) is 17.8 Å². The number of Topliss-reactive ketones (excluding diaryl/α,β-unsaturated/α-hetero) is 1. The molecule has 0 radical (unpaired) electrons. The number of rotatable bonds is 5. The van der Waals surface area contributed by atoms with Crippen molar-refractivity contribution in [1.29, 1.82) is 0 Å². The minimum absolute atomic E-state index is 0.0118. The van der Waals surface area contributed by atoms with Gasteiger partial charge >= 0.3 is 6.03 Å². The van der Waals surface area contributed by atoms with E-state index in [0.717, 1.165) is 26.2 Å². The van der Waals surface area contributed by atoms with E-state index in [9.17, 15) is 14.0 Å². The highest BCUT2D eigenvalue weighted by Gasteiger charge is 2.17. The van der Waals surface area contributed by atoms with Gasteiger partial charge in [0, 0.05) is 37.4 Å². The van der Waals surface area contributed by atoms with Crippen LogP contribution in [0.1, 0.15) is 10.4 Å². The third-order valence-corrected chi connectivity index (χ3v) is 4.53. The molecule has 2 N–H and O–H groups in total. The molecule has 0 aliphatic carbocycles. The molecule has 1 aliphatic rings. The highest BCUT2D eigenvalue weighted by atomic mass is 19.1. The second kappa shape index (κ2) is 8.75. The largest absolute Gasteiger partial charge is 0.323 e. The summed E-state index contributed by atoms with van der Waals surface area (Å²) >= 11 is 0. The van der Waals surface area contributed by atoms with Gasteiger partial charge < -0.3 is 15.5 Å². The fourth-order valence-corrected chi connectivity index (χ4v) is 2.92. The minimum atomic E-state index is -0.566. The molecule has 7 heteroatoms. The Balaban J connectivity index is 1.59. The number of likely N-dealkylation sites (N-methyl/N-ethyl adjacent to an activating group) is 1. The number of nitrogens with zero attached hydrogens (tertiary/aromatic N) is 2. The van der Waals surface area contributed by atoms with Gasteiger partial charge in [-0.15, -0.1) is 0 Å². The molecule has 2 amide bonds. The number of piperazine rings is 1. The molecule has 0 spiro atoms. The van der Waals surface area contributed by atoms with Gasteiger partial charge in [-0.2, -0.15) is 0 Å². The third kappa shape index (κ3) is 5.35. The Morgan fingerprint density at radius 3 is 2.48 bits per heavy atom. The van der Waals surface area contributed by atoms with E-state index in [4.69, 9.17) is 0 Å². The maximum Gasteiger partial charge on any atom is 0.323 e. The van der Waals surface area contributed by atoms with Crippen molar-refractivity contribution in [1.82, 2.24) is 9.80 Å². The van der Waals surface area contributed by atoms with Gasteiger partial charge in [0.1, 0.15) is 5.82 Å². The summed E-state index contributed by atoms with van der Waals surface area (Å²) in [5, 5.41) is 5.09. The summed E-state index contributed by atoms with van der Waals surface area (Å²) in [5.74, 6) is -0.499. The Morgan fingerprint density at radius 2 is 1.74 bits per heavy atom. The molecule has 0 bridgehead atoms. The first kappa shape index (κ1) is 19.0. The molecule has 0 aromatic heterocycles. The van der Waals surface area contributed by atoms with Crippen molar-refractivity contribution in [2.75, 3.05) is 50.4 Å². The number of hydrogen-bond acceptors (Lipinski definition) is 4. The van der Waals surface area contributed by atoms with Gasteiger partial charge in [-0.1, -0.05) is 24.3 Å². The van der Waals surface area contributed by atoms with E-state index >= 15 is 0 Å². The maximum absolute atomic E-state index is 13.6. The summed E-state index contributed by atoms with van der Waals surface area (Å²) < 4.78 is 13.6. The quantitative estimate of drug-likeness (QED) is 0.795.